The topological polar surface area (TPSA) is 46.6 Å². The van der Waals surface area contributed by atoms with Crippen molar-refractivity contribution in [1.82, 2.24) is 4.90 Å². The van der Waals surface area contributed by atoms with Crippen LogP contribution in [0, 0.1) is 0 Å². The minimum atomic E-state index is -0.423. The average molecular weight is 298 g/mol. The zero-order chi connectivity index (χ0) is 12.3. The van der Waals surface area contributed by atoms with Crippen molar-refractivity contribution in [2.75, 3.05) is 18.5 Å². The Morgan fingerprint density at radius 1 is 1.41 bits per heavy atom. The minimum Gasteiger partial charge on any atom is -0.447 e. The lowest BCUT2D eigenvalue weighted by Gasteiger charge is -2.20. The van der Waals surface area contributed by atoms with Crippen molar-refractivity contribution in [2.24, 2.45) is 0 Å². The summed E-state index contributed by atoms with van der Waals surface area (Å²) in [4.78, 5) is 24.4. The Balaban J connectivity index is 2.16. The van der Waals surface area contributed by atoms with Crippen molar-refractivity contribution < 1.29 is 14.3 Å². The monoisotopic (exact) mass is 297 g/mol. The molecule has 17 heavy (non-hydrogen) atoms. The highest BCUT2D eigenvalue weighted by Gasteiger charge is 2.34. The summed E-state index contributed by atoms with van der Waals surface area (Å²) in [5.41, 5.74) is 0.987. The summed E-state index contributed by atoms with van der Waals surface area (Å²) in [6, 6.07) is 9.42. The molecule has 90 valence electrons. The van der Waals surface area contributed by atoms with Gasteiger partial charge in [0.05, 0.1) is 17.9 Å². The van der Waals surface area contributed by atoms with Crippen LogP contribution in [-0.4, -0.2) is 35.3 Å². The van der Waals surface area contributed by atoms with Gasteiger partial charge in [-0.2, -0.15) is 0 Å². The van der Waals surface area contributed by atoms with Gasteiger partial charge in [0.25, 0.3) is 0 Å². The van der Waals surface area contributed by atoms with Gasteiger partial charge in [0.1, 0.15) is 6.61 Å². The summed E-state index contributed by atoms with van der Waals surface area (Å²) in [5.74, 6) is -0.0372. The summed E-state index contributed by atoms with van der Waals surface area (Å²) in [5, 5.41) is 0.248. The molecule has 0 spiro atoms. The molecule has 1 heterocycles. The predicted octanol–water partition coefficient (Wildman–Crippen LogP) is 2.14. The molecule has 4 nitrogen and oxygen atoms in total. The average Bonchev–Trinajstić information content (AvgIpc) is 2.72. The van der Waals surface area contributed by atoms with Gasteiger partial charge < -0.3 is 4.74 Å². The number of nitrogens with zero attached hydrogens (tertiary/aromatic N) is 1. The highest BCUT2D eigenvalue weighted by Crippen LogP contribution is 2.27. The van der Waals surface area contributed by atoms with Crippen molar-refractivity contribution in [3.63, 3.8) is 0 Å². The first kappa shape index (κ1) is 12.1. The van der Waals surface area contributed by atoms with Crippen LogP contribution >= 0.6 is 15.9 Å². The van der Waals surface area contributed by atoms with Crippen molar-refractivity contribution >= 4 is 27.8 Å². The van der Waals surface area contributed by atoms with Crippen LogP contribution in [0.2, 0.25) is 0 Å². The van der Waals surface area contributed by atoms with E-state index in [9.17, 15) is 9.59 Å². The molecular weight excluding hydrogens is 286 g/mol. The van der Waals surface area contributed by atoms with Crippen LogP contribution < -0.4 is 0 Å². The van der Waals surface area contributed by atoms with Crippen LogP contribution in [0.25, 0.3) is 0 Å². The Hall–Kier alpha value is -1.36. The summed E-state index contributed by atoms with van der Waals surface area (Å²) in [6.45, 7) is 0.391. The fraction of sp³-hybridized carbons (Fsp3) is 0.333. The molecule has 1 aromatic carbocycles. The molecule has 0 unspecified atom stereocenters. The van der Waals surface area contributed by atoms with Gasteiger partial charge in [0.2, 0.25) is 0 Å². The molecule has 1 aliphatic rings. The Morgan fingerprint density at radius 3 is 2.76 bits per heavy atom. The minimum absolute atomic E-state index is 0.0372. The number of halogens is 1. The highest BCUT2D eigenvalue weighted by atomic mass is 79.9. The van der Waals surface area contributed by atoms with Crippen LogP contribution in [0.15, 0.2) is 30.3 Å². The number of benzene rings is 1. The Bertz CT molecular complexity index is 421. The van der Waals surface area contributed by atoms with E-state index in [0.29, 0.717) is 6.61 Å². The summed E-state index contributed by atoms with van der Waals surface area (Å²) < 4.78 is 5.00. The summed E-state index contributed by atoms with van der Waals surface area (Å²) >= 11 is 3.09. The molecule has 0 aliphatic carbocycles. The second-order valence-corrected chi connectivity index (χ2v) is 4.36. The van der Waals surface area contributed by atoms with E-state index < -0.39 is 6.09 Å². The third-order valence-corrected chi connectivity index (χ3v) is 3.28. The molecule has 0 bridgehead atoms. The fourth-order valence-electron chi connectivity index (χ4n) is 1.81. The van der Waals surface area contributed by atoms with Gasteiger partial charge in [-0.05, 0) is 5.56 Å². The first-order chi connectivity index (χ1) is 8.22. The maximum atomic E-state index is 11.5. The first-order valence-corrected chi connectivity index (χ1v) is 6.40. The first-order valence-electron chi connectivity index (χ1n) is 5.28. The van der Waals surface area contributed by atoms with E-state index in [4.69, 9.17) is 4.74 Å². The Morgan fingerprint density at radius 2 is 2.12 bits per heavy atom. The third-order valence-electron chi connectivity index (χ3n) is 2.66. The smallest absolute Gasteiger partial charge is 0.410 e. The van der Waals surface area contributed by atoms with Crippen molar-refractivity contribution in [3.05, 3.63) is 35.9 Å². The number of rotatable bonds is 4. The third kappa shape index (κ3) is 2.66. The van der Waals surface area contributed by atoms with E-state index in [0.717, 1.165) is 5.56 Å². The van der Waals surface area contributed by atoms with Gasteiger partial charge in [0, 0.05) is 0 Å². The fourth-order valence-corrected chi connectivity index (χ4v) is 1.99. The predicted molar refractivity (Wildman–Crippen MR) is 66.0 cm³/mol. The van der Waals surface area contributed by atoms with E-state index in [2.05, 4.69) is 15.9 Å². The second-order valence-electron chi connectivity index (χ2n) is 3.80. The molecule has 1 aliphatic heterocycles. The molecule has 0 N–H and O–H groups in total. The van der Waals surface area contributed by atoms with Gasteiger partial charge in [-0.1, -0.05) is 46.3 Å². The van der Waals surface area contributed by atoms with E-state index in [1.807, 2.05) is 30.3 Å². The zero-order valence-electron chi connectivity index (χ0n) is 9.14. The molecule has 1 aromatic rings. The standard InChI is InChI=1S/C12H12BrNO3/c13-6-10(15)7-14-11(8-17-12(14)16)9-4-2-1-3-5-9/h1-5,11H,6-8H2/t11-/m1/s1. The molecular formula is C12H12BrNO3. The van der Waals surface area contributed by atoms with Gasteiger partial charge in [-0.3, -0.25) is 9.69 Å². The normalized spacial score (nSPS) is 19.2. The van der Waals surface area contributed by atoms with Gasteiger partial charge in [-0.15, -0.1) is 0 Å². The van der Waals surface area contributed by atoms with Crippen LogP contribution in [0.3, 0.4) is 0 Å². The number of carbonyl (C=O) groups is 2. The number of amides is 1. The molecule has 2 rings (SSSR count). The summed E-state index contributed by atoms with van der Waals surface area (Å²) in [6.07, 6.45) is -0.423. The van der Waals surface area contributed by atoms with Crippen LogP contribution in [0.4, 0.5) is 4.79 Å². The molecule has 0 radical (unpaired) electrons. The number of Topliss-reactive ketones (excluding diaryl/α,β-unsaturated/α-hetero) is 1. The Labute approximate surface area is 108 Å². The maximum absolute atomic E-state index is 11.5. The second kappa shape index (κ2) is 5.31. The lowest BCUT2D eigenvalue weighted by atomic mass is 10.1. The largest absolute Gasteiger partial charge is 0.447 e. The molecule has 5 heteroatoms. The summed E-state index contributed by atoms with van der Waals surface area (Å²) in [7, 11) is 0. The van der Waals surface area contributed by atoms with E-state index >= 15 is 0 Å². The number of cyclic esters (lactones) is 1. The molecule has 1 fully saturated rings. The van der Waals surface area contributed by atoms with Crippen LogP contribution in [-0.2, 0) is 9.53 Å². The van der Waals surface area contributed by atoms with Gasteiger partial charge >= 0.3 is 6.09 Å². The van der Waals surface area contributed by atoms with Crippen molar-refractivity contribution in [2.45, 2.75) is 6.04 Å². The molecule has 0 aromatic heterocycles. The molecule has 1 saturated heterocycles. The number of hydrogen-bond acceptors (Lipinski definition) is 3. The molecule has 1 atom stereocenters. The number of carbonyl (C=O) groups excluding carboxylic acids is 2. The quantitative estimate of drug-likeness (QED) is 0.800. The van der Waals surface area contributed by atoms with Gasteiger partial charge in [0.15, 0.2) is 5.78 Å². The van der Waals surface area contributed by atoms with E-state index in [1.54, 1.807) is 0 Å². The Kier molecular flexibility index (Phi) is 3.78. The number of alkyl halides is 1. The number of hydrogen-bond donors (Lipinski definition) is 0. The van der Waals surface area contributed by atoms with E-state index in [-0.39, 0.29) is 23.7 Å². The molecule has 0 saturated carbocycles. The van der Waals surface area contributed by atoms with Gasteiger partial charge in [-0.25, -0.2) is 4.79 Å². The van der Waals surface area contributed by atoms with Crippen molar-refractivity contribution in [3.8, 4) is 0 Å². The SMILES string of the molecule is O=C(CBr)CN1C(=O)OC[C@@H]1c1ccccc1. The zero-order valence-corrected chi connectivity index (χ0v) is 10.7. The molecule has 1 amide bonds. The van der Waals surface area contributed by atoms with Crippen LogP contribution in [0.1, 0.15) is 11.6 Å². The van der Waals surface area contributed by atoms with E-state index in [1.165, 1.54) is 4.90 Å². The number of ether oxygens (including phenoxy) is 1. The number of ketones is 1. The lowest BCUT2D eigenvalue weighted by Crippen LogP contribution is -2.33. The lowest BCUT2D eigenvalue weighted by molar-refractivity contribution is -0.117. The maximum Gasteiger partial charge on any atom is 0.410 e. The van der Waals surface area contributed by atoms with Crippen molar-refractivity contribution in [1.29, 1.82) is 0 Å². The highest BCUT2D eigenvalue weighted by molar-refractivity contribution is 9.09. The van der Waals surface area contributed by atoms with Crippen LogP contribution in [0.5, 0.6) is 0 Å².